The average Bonchev–Trinajstić information content (AvgIpc) is 3.06. The highest BCUT2D eigenvalue weighted by molar-refractivity contribution is 6.07. The van der Waals surface area contributed by atoms with Crippen molar-refractivity contribution in [1.29, 1.82) is 0 Å². The SMILES string of the molecule is CC[C@H](/C=C/[C@@H](C)[C@H]1CC[C@H]2C3=C(CC[C@]12C)[C@@]1(C)CC[C@H](O)CC1=CC3=O)C(C)C. The van der Waals surface area contributed by atoms with E-state index in [0.29, 0.717) is 36.0 Å². The number of fused-ring (bicyclic) bond motifs is 4. The molecule has 1 N–H and O–H groups in total. The molecule has 4 rings (SSSR count). The second-order valence-electron chi connectivity index (χ2n) is 12.0. The highest BCUT2D eigenvalue weighted by Crippen LogP contribution is 2.64. The van der Waals surface area contributed by atoms with Gasteiger partial charge in [0, 0.05) is 11.0 Å². The quantitative estimate of drug-likeness (QED) is 0.480. The fourth-order valence-corrected chi connectivity index (χ4v) is 7.87. The Balaban J connectivity index is 1.61. The van der Waals surface area contributed by atoms with Crippen LogP contribution in [0.2, 0.25) is 0 Å². The zero-order chi connectivity index (χ0) is 22.6. The number of hydrogen-bond acceptors (Lipinski definition) is 2. The van der Waals surface area contributed by atoms with E-state index in [1.54, 1.807) is 0 Å². The van der Waals surface area contributed by atoms with Gasteiger partial charge in [-0.05, 0) is 92.4 Å². The molecule has 0 heterocycles. The van der Waals surface area contributed by atoms with Crippen LogP contribution < -0.4 is 0 Å². The Labute approximate surface area is 190 Å². The third-order valence-electron chi connectivity index (χ3n) is 10.00. The van der Waals surface area contributed by atoms with Crippen LogP contribution in [0.25, 0.3) is 0 Å². The average molecular weight is 425 g/mol. The second kappa shape index (κ2) is 8.32. The number of rotatable bonds is 5. The maximum atomic E-state index is 13.4. The highest BCUT2D eigenvalue weighted by Gasteiger charge is 2.56. The van der Waals surface area contributed by atoms with Crippen LogP contribution in [0.15, 0.2) is 34.9 Å². The molecule has 0 aromatic heterocycles. The summed E-state index contributed by atoms with van der Waals surface area (Å²) in [4.78, 5) is 13.4. The summed E-state index contributed by atoms with van der Waals surface area (Å²) >= 11 is 0. The fraction of sp³-hybridized carbons (Fsp3) is 0.759. The molecule has 0 aliphatic heterocycles. The van der Waals surface area contributed by atoms with E-state index in [0.717, 1.165) is 25.7 Å². The van der Waals surface area contributed by atoms with Crippen molar-refractivity contribution in [3.8, 4) is 0 Å². The van der Waals surface area contributed by atoms with Crippen molar-refractivity contribution in [2.75, 3.05) is 0 Å². The third kappa shape index (κ3) is 3.71. The van der Waals surface area contributed by atoms with Crippen LogP contribution in [-0.2, 0) is 4.79 Å². The molecule has 2 heteroatoms. The molecule has 0 aromatic carbocycles. The molecule has 172 valence electrons. The van der Waals surface area contributed by atoms with Crippen molar-refractivity contribution in [2.24, 2.45) is 40.4 Å². The van der Waals surface area contributed by atoms with Crippen molar-refractivity contribution in [3.05, 3.63) is 34.9 Å². The van der Waals surface area contributed by atoms with Gasteiger partial charge in [-0.1, -0.05) is 64.8 Å². The first-order valence-electron chi connectivity index (χ1n) is 13.0. The van der Waals surface area contributed by atoms with E-state index in [2.05, 4.69) is 53.7 Å². The van der Waals surface area contributed by atoms with E-state index in [4.69, 9.17) is 0 Å². The molecular weight excluding hydrogens is 380 g/mol. The molecule has 2 nitrogen and oxygen atoms in total. The first-order valence-corrected chi connectivity index (χ1v) is 13.0. The third-order valence-corrected chi connectivity index (χ3v) is 10.00. The van der Waals surface area contributed by atoms with Gasteiger partial charge in [-0.15, -0.1) is 0 Å². The van der Waals surface area contributed by atoms with Crippen molar-refractivity contribution in [2.45, 2.75) is 99.0 Å². The molecule has 0 saturated heterocycles. The van der Waals surface area contributed by atoms with Gasteiger partial charge >= 0.3 is 0 Å². The topological polar surface area (TPSA) is 37.3 Å². The maximum Gasteiger partial charge on any atom is 0.182 e. The predicted octanol–water partition coefficient (Wildman–Crippen LogP) is 7.04. The largest absolute Gasteiger partial charge is 0.393 e. The minimum atomic E-state index is -0.274. The van der Waals surface area contributed by atoms with Crippen LogP contribution in [0.4, 0.5) is 0 Å². The maximum absolute atomic E-state index is 13.4. The van der Waals surface area contributed by atoms with Crippen LogP contribution in [-0.4, -0.2) is 17.0 Å². The Morgan fingerprint density at radius 2 is 1.87 bits per heavy atom. The number of ketones is 1. The van der Waals surface area contributed by atoms with Gasteiger partial charge in [0.2, 0.25) is 0 Å². The van der Waals surface area contributed by atoms with E-state index in [-0.39, 0.29) is 22.7 Å². The van der Waals surface area contributed by atoms with Gasteiger partial charge in [-0.3, -0.25) is 4.79 Å². The first-order chi connectivity index (χ1) is 14.6. The van der Waals surface area contributed by atoms with Gasteiger partial charge in [0.25, 0.3) is 0 Å². The standard InChI is InChI=1S/C29H44O2/c1-7-20(18(2)3)9-8-19(4)23-10-11-24-27-25(13-15-29(23,24)6)28(5)14-12-22(30)16-21(28)17-26(27)31/h8-9,17-20,22-24,30H,7,10-16H2,1-6H3/b9-8+/t19-,20-,22+,23-,24+,28+,29-/m1/s1. The summed E-state index contributed by atoms with van der Waals surface area (Å²) in [6.07, 6.45) is 15.0. The van der Waals surface area contributed by atoms with Gasteiger partial charge in [0.1, 0.15) is 0 Å². The molecule has 2 saturated carbocycles. The van der Waals surface area contributed by atoms with E-state index >= 15 is 0 Å². The second-order valence-corrected chi connectivity index (χ2v) is 12.0. The lowest BCUT2D eigenvalue weighted by molar-refractivity contribution is -0.113. The summed E-state index contributed by atoms with van der Waals surface area (Å²) < 4.78 is 0. The van der Waals surface area contributed by atoms with Gasteiger partial charge in [0.15, 0.2) is 5.78 Å². The highest BCUT2D eigenvalue weighted by atomic mass is 16.3. The first kappa shape index (κ1) is 23.0. The molecular formula is C29H44O2. The molecule has 0 spiro atoms. The summed E-state index contributed by atoms with van der Waals surface area (Å²) in [6.45, 7) is 14.2. The van der Waals surface area contributed by atoms with Crippen LogP contribution in [0.1, 0.15) is 92.9 Å². The lowest BCUT2D eigenvalue weighted by Gasteiger charge is -2.51. The van der Waals surface area contributed by atoms with E-state index < -0.39 is 0 Å². The van der Waals surface area contributed by atoms with E-state index in [1.807, 2.05) is 6.08 Å². The van der Waals surface area contributed by atoms with E-state index in [1.165, 1.54) is 36.0 Å². The number of carbonyl (C=O) groups excluding carboxylic acids is 1. The van der Waals surface area contributed by atoms with Gasteiger partial charge < -0.3 is 5.11 Å². The lowest BCUT2D eigenvalue weighted by atomic mass is 9.53. The molecule has 4 aliphatic rings. The van der Waals surface area contributed by atoms with Crippen LogP contribution in [0.3, 0.4) is 0 Å². The molecule has 0 unspecified atom stereocenters. The molecule has 0 aromatic rings. The Hall–Kier alpha value is -1.15. The fourth-order valence-electron chi connectivity index (χ4n) is 7.87. The van der Waals surface area contributed by atoms with Gasteiger partial charge in [-0.2, -0.15) is 0 Å². The normalized spacial score (nSPS) is 39.9. The summed E-state index contributed by atoms with van der Waals surface area (Å²) in [5, 5.41) is 10.2. The van der Waals surface area contributed by atoms with Crippen LogP contribution in [0.5, 0.6) is 0 Å². The van der Waals surface area contributed by atoms with Crippen molar-refractivity contribution >= 4 is 5.78 Å². The monoisotopic (exact) mass is 424 g/mol. The summed E-state index contributed by atoms with van der Waals surface area (Å²) in [5.74, 6) is 3.26. The minimum Gasteiger partial charge on any atom is -0.393 e. The Kier molecular flexibility index (Phi) is 6.18. The molecule has 4 aliphatic carbocycles. The van der Waals surface area contributed by atoms with Gasteiger partial charge in [-0.25, -0.2) is 0 Å². The molecule has 7 atom stereocenters. The zero-order valence-electron chi connectivity index (χ0n) is 20.7. The number of aliphatic hydroxyl groups is 1. The number of aliphatic hydroxyl groups excluding tert-OH is 1. The van der Waals surface area contributed by atoms with Gasteiger partial charge in [0.05, 0.1) is 6.10 Å². The molecule has 31 heavy (non-hydrogen) atoms. The predicted molar refractivity (Wildman–Crippen MR) is 129 cm³/mol. The number of hydrogen-bond donors (Lipinski definition) is 1. The summed E-state index contributed by atoms with van der Waals surface area (Å²) in [6, 6.07) is 0. The van der Waals surface area contributed by atoms with Crippen LogP contribution >= 0.6 is 0 Å². The van der Waals surface area contributed by atoms with E-state index in [9.17, 15) is 9.90 Å². The Morgan fingerprint density at radius 1 is 1.13 bits per heavy atom. The Bertz CT molecular complexity index is 815. The van der Waals surface area contributed by atoms with Crippen molar-refractivity contribution in [1.82, 2.24) is 0 Å². The summed E-state index contributed by atoms with van der Waals surface area (Å²) in [7, 11) is 0. The number of carbonyl (C=O) groups is 1. The lowest BCUT2D eigenvalue weighted by Crippen LogP contribution is -2.44. The molecule has 2 fully saturated rings. The minimum absolute atomic E-state index is 0.0129. The van der Waals surface area contributed by atoms with Crippen LogP contribution in [0, 0.1) is 40.4 Å². The molecule has 0 radical (unpaired) electrons. The Morgan fingerprint density at radius 3 is 2.55 bits per heavy atom. The summed E-state index contributed by atoms with van der Waals surface area (Å²) in [5.41, 5.74) is 4.07. The number of allylic oxidation sites excluding steroid dienone is 5. The van der Waals surface area contributed by atoms with Crippen molar-refractivity contribution in [3.63, 3.8) is 0 Å². The smallest absolute Gasteiger partial charge is 0.182 e. The zero-order valence-corrected chi connectivity index (χ0v) is 20.7. The molecule has 0 amide bonds. The molecule has 0 bridgehead atoms. The van der Waals surface area contributed by atoms with Crippen molar-refractivity contribution < 1.29 is 9.90 Å².